The van der Waals surface area contributed by atoms with E-state index in [9.17, 15) is 0 Å². The van der Waals surface area contributed by atoms with E-state index in [2.05, 4.69) is 6.42 Å². The molecule has 0 aromatic heterocycles. The SMILES string of the molecule is [CH-]1CCCCC1.[Cd]. The van der Waals surface area contributed by atoms with E-state index in [0.29, 0.717) is 0 Å². The van der Waals surface area contributed by atoms with Gasteiger partial charge in [-0.25, -0.2) is 0 Å². The summed E-state index contributed by atoms with van der Waals surface area (Å²) in [6, 6.07) is 0. The Kier molecular flexibility index (Phi) is 5.73. The Morgan fingerprint density at radius 3 is 1.57 bits per heavy atom. The van der Waals surface area contributed by atoms with Crippen LogP contribution in [-0.2, 0) is 27.3 Å². The number of hydrogen-bond acceptors (Lipinski definition) is 0. The van der Waals surface area contributed by atoms with E-state index in [-0.39, 0.29) is 27.3 Å². The summed E-state index contributed by atoms with van der Waals surface area (Å²) in [4.78, 5) is 0. The minimum Gasteiger partial charge on any atom is -0.328 e. The van der Waals surface area contributed by atoms with E-state index in [1.54, 1.807) is 0 Å². The maximum absolute atomic E-state index is 2.39. The molecule has 7 heavy (non-hydrogen) atoms. The molecule has 1 aliphatic rings. The van der Waals surface area contributed by atoms with Crippen molar-refractivity contribution >= 4 is 0 Å². The third kappa shape index (κ3) is 3.50. The molecule has 0 bridgehead atoms. The van der Waals surface area contributed by atoms with E-state index in [1.807, 2.05) is 0 Å². The van der Waals surface area contributed by atoms with Gasteiger partial charge in [-0.15, -0.1) is 0 Å². The van der Waals surface area contributed by atoms with Crippen LogP contribution < -0.4 is 0 Å². The summed E-state index contributed by atoms with van der Waals surface area (Å²) in [5.74, 6) is 0. The molecule has 1 rings (SSSR count). The largest absolute Gasteiger partial charge is 0.328 e. The molecule has 0 spiro atoms. The molecule has 0 atom stereocenters. The zero-order valence-electron chi connectivity index (χ0n) is 4.82. The van der Waals surface area contributed by atoms with Gasteiger partial charge in [-0.1, -0.05) is 19.3 Å². The Morgan fingerprint density at radius 1 is 0.857 bits per heavy atom. The van der Waals surface area contributed by atoms with Crippen LogP contribution in [0.1, 0.15) is 32.1 Å². The fourth-order valence-electron chi connectivity index (χ4n) is 0.898. The smallest absolute Gasteiger partial charge is 0 e. The monoisotopic (exact) mass is 197 g/mol. The first-order valence-corrected chi connectivity index (χ1v) is 2.82. The van der Waals surface area contributed by atoms with Gasteiger partial charge in [0.2, 0.25) is 0 Å². The summed E-state index contributed by atoms with van der Waals surface area (Å²) in [5.41, 5.74) is 0. The third-order valence-electron chi connectivity index (χ3n) is 1.32. The van der Waals surface area contributed by atoms with Gasteiger partial charge in [0, 0.05) is 27.3 Å². The van der Waals surface area contributed by atoms with Crippen molar-refractivity contribution in [1.82, 2.24) is 0 Å². The second kappa shape index (κ2) is 5.07. The van der Waals surface area contributed by atoms with Gasteiger partial charge in [0.1, 0.15) is 0 Å². The molecule has 0 unspecified atom stereocenters. The summed E-state index contributed by atoms with van der Waals surface area (Å²) in [7, 11) is 0. The maximum Gasteiger partial charge on any atom is 0 e. The maximum atomic E-state index is 2.39. The molecule has 0 saturated heterocycles. The van der Waals surface area contributed by atoms with Crippen LogP contribution >= 0.6 is 0 Å². The molecule has 0 radical (unpaired) electrons. The van der Waals surface area contributed by atoms with Crippen molar-refractivity contribution in [2.75, 3.05) is 0 Å². The molecule has 38 valence electrons. The number of hydrogen-bond donors (Lipinski definition) is 0. The molecule has 0 N–H and O–H groups in total. The van der Waals surface area contributed by atoms with Crippen LogP contribution in [-0.4, -0.2) is 0 Å². The summed E-state index contributed by atoms with van der Waals surface area (Å²) in [6.07, 6.45) is 9.50. The predicted octanol–water partition coefficient (Wildman–Crippen LogP) is 2.15. The quantitative estimate of drug-likeness (QED) is 0.411. The van der Waals surface area contributed by atoms with E-state index >= 15 is 0 Å². The first-order valence-electron chi connectivity index (χ1n) is 2.82. The Morgan fingerprint density at radius 2 is 1.43 bits per heavy atom. The zero-order valence-corrected chi connectivity index (χ0v) is 8.86. The molecule has 0 aromatic rings. The van der Waals surface area contributed by atoms with Crippen molar-refractivity contribution < 1.29 is 27.3 Å². The summed E-state index contributed by atoms with van der Waals surface area (Å²) in [6.45, 7) is 0. The van der Waals surface area contributed by atoms with Gasteiger partial charge in [0.15, 0.2) is 0 Å². The van der Waals surface area contributed by atoms with Gasteiger partial charge in [-0.05, 0) is 0 Å². The molecule has 1 saturated carbocycles. The van der Waals surface area contributed by atoms with Gasteiger partial charge in [0.25, 0.3) is 0 Å². The molecule has 1 aliphatic carbocycles. The molecular weight excluding hydrogens is 184 g/mol. The van der Waals surface area contributed by atoms with Crippen LogP contribution in [0, 0.1) is 6.42 Å². The minimum absolute atomic E-state index is 0. The van der Waals surface area contributed by atoms with E-state index in [4.69, 9.17) is 0 Å². The van der Waals surface area contributed by atoms with Gasteiger partial charge in [0.05, 0.1) is 0 Å². The minimum atomic E-state index is 0. The number of rotatable bonds is 0. The molecule has 0 amide bonds. The predicted molar refractivity (Wildman–Crippen MR) is 27.4 cm³/mol. The van der Waals surface area contributed by atoms with Crippen molar-refractivity contribution in [3.8, 4) is 0 Å². The van der Waals surface area contributed by atoms with E-state index in [0.717, 1.165) is 0 Å². The van der Waals surface area contributed by atoms with Crippen molar-refractivity contribution in [2.45, 2.75) is 32.1 Å². The van der Waals surface area contributed by atoms with Crippen LogP contribution in [0.4, 0.5) is 0 Å². The van der Waals surface area contributed by atoms with Crippen LogP contribution in [0.25, 0.3) is 0 Å². The molecular formula is C6H11Cd-. The van der Waals surface area contributed by atoms with Gasteiger partial charge in [-0.3, -0.25) is 0 Å². The van der Waals surface area contributed by atoms with E-state index < -0.39 is 0 Å². The third-order valence-corrected chi connectivity index (χ3v) is 1.32. The van der Waals surface area contributed by atoms with Gasteiger partial charge in [-0.2, -0.15) is 12.8 Å². The van der Waals surface area contributed by atoms with Crippen LogP contribution in [0.3, 0.4) is 0 Å². The zero-order chi connectivity index (χ0) is 4.24. The van der Waals surface area contributed by atoms with Crippen LogP contribution in [0.2, 0.25) is 0 Å². The fourth-order valence-corrected chi connectivity index (χ4v) is 0.898. The second-order valence-electron chi connectivity index (χ2n) is 1.93. The topological polar surface area (TPSA) is 0 Å². The first kappa shape index (κ1) is 7.92. The van der Waals surface area contributed by atoms with Gasteiger partial charge < -0.3 is 6.42 Å². The van der Waals surface area contributed by atoms with Crippen molar-refractivity contribution in [2.24, 2.45) is 0 Å². The van der Waals surface area contributed by atoms with Crippen molar-refractivity contribution in [3.05, 3.63) is 6.42 Å². The van der Waals surface area contributed by atoms with E-state index in [1.165, 1.54) is 32.1 Å². The Bertz CT molecular complexity index is 19.7. The summed E-state index contributed by atoms with van der Waals surface area (Å²) in [5, 5.41) is 0. The Labute approximate surface area is 65.8 Å². The molecule has 0 heterocycles. The summed E-state index contributed by atoms with van der Waals surface area (Å²) < 4.78 is 0. The molecule has 1 heteroatoms. The Balaban J connectivity index is 0.000000360. The van der Waals surface area contributed by atoms with Crippen molar-refractivity contribution in [1.29, 1.82) is 0 Å². The first-order chi connectivity index (χ1) is 3.00. The van der Waals surface area contributed by atoms with Crippen LogP contribution in [0.15, 0.2) is 0 Å². The molecule has 0 aromatic carbocycles. The van der Waals surface area contributed by atoms with Gasteiger partial charge >= 0.3 is 0 Å². The normalized spacial score (nSPS) is 20.6. The molecule has 1 fully saturated rings. The molecule has 0 nitrogen and oxygen atoms in total. The summed E-state index contributed by atoms with van der Waals surface area (Å²) >= 11 is 0. The average molecular weight is 196 g/mol. The fraction of sp³-hybridized carbons (Fsp3) is 0.833. The Hall–Kier alpha value is 0.922. The van der Waals surface area contributed by atoms with Crippen LogP contribution in [0.5, 0.6) is 0 Å². The average Bonchev–Trinajstić information content (AvgIpc) is 1.72. The standard InChI is InChI=1S/C6H11.Cd/c1-2-4-6-5-3-1;/h1H,2-6H2;/q-1;. The van der Waals surface area contributed by atoms with Crippen molar-refractivity contribution in [3.63, 3.8) is 0 Å². The molecule has 0 aliphatic heterocycles. The second-order valence-corrected chi connectivity index (χ2v) is 1.93.